The summed E-state index contributed by atoms with van der Waals surface area (Å²) in [6, 6.07) is 4.08. The first-order chi connectivity index (χ1) is 10.2. The summed E-state index contributed by atoms with van der Waals surface area (Å²) in [7, 11) is 0. The van der Waals surface area contributed by atoms with E-state index < -0.39 is 0 Å². The van der Waals surface area contributed by atoms with Gasteiger partial charge in [0.25, 0.3) is 0 Å². The molecule has 0 saturated carbocycles. The number of hydrogen-bond donors (Lipinski definition) is 2. The first kappa shape index (κ1) is 14.8. The van der Waals surface area contributed by atoms with E-state index in [1.54, 1.807) is 6.07 Å². The van der Waals surface area contributed by atoms with Crippen LogP contribution in [-0.2, 0) is 6.42 Å². The maximum absolute atomic E-state index is 11.4. The molecule has 1 aromatic heterocycles. The third-order valence-corrected chi connectivity index (χ3v) is 5.03. The fourth-order valence-corrected chi connectivity index (χ4v) is 3.59. The maximum atomic E-state index is 11.4. The molecule has 1 aromatic rings. The van der Waals surface area contributed by atoms with Gasteiger partial charge in [0.1, 0.15) is 0 Å². The fraction of sp³-hybridized carbons (Fsp3) is 0.706. The Morgan fingerprint density at radius 2 is 2.10 bits per heavy atom. The lowest BCUT2D eigenvalue weighted by atomic mass is 9.91. The number of aromatic nitrogens is 1. The Kier molecular flexibility index (Phi) is 4.76. The molecule has 0 amide bonds. The molecule has 1 saturated heterocycles. The van der Waals surface area contributed by atoms with Gasteiger partial charge in [0, 0.05) is 30.9 Å². The molecule has 1 unspecified atom stereocenters. The van der Waals surface area contributed by atoms with Crippen molar-refractivity contribution in [1.29, 1.82) is 0 Å². The Labute approximate surface area is 126 Å². The van der Waals surface area contributed by atoms with Gasteiger partial charge in [-0.05, 0) is 56.7 Å². The zero-order chi connectivity index (χ0) is 14.7. The van der Waals surface area contributed by atoms with Crippen LogP contribution >= 0.6 is 0 Å². The van der Waals surface area contributed by atoms with E-state index in [4.69, 9.17) is 0 Å². The molecule has 1 aliphatic heterocycles. The van der Waals surface area contributed by atoms with E-state index >= 15 is 0 Å². The number of aryl methyl sites for hydroxylation is 1. The van der Waals surface area contributed by atoms with Crippen LogP contribution in [-0.4, -0.2) is 36.1 Å². The quantitative estimate of drug-likeness (QED) is 0.892. The lowest BCUT2D eigenvalue weighted by Crippen LogP contribution is -2.39. The van der Waals surface area contributed by atoms with E-state index in [1.165, 1.54) is 37.9 Å². The molecule has 2 N–H and O–H groups in total. The number of H-pyrrole nitrogens is 1. The molecule has 2 aliphatic rings. The van der Waals surface area contributed by atoms with Crippen LogP contribution < -0.4 is 10.9 Å². The Morgan fingerprint density at radius 1 is 1.29 bits per heavy atom. The van der Waals surface area contributed by atoms with Crippen LogP contribution in [0.4, 0.5) is 0 Å². The molecular weight excluding hydrogens is 262 g/mol. The van der Waals surface area contributed by atoms with E-state index in [0.29, 0.717) is 6.04 Å². The Balaban J connectivity index is 1.51. The average molecular weight is 289 g/mol. The Morgan fingerprint density at radius 3 is 2.90 bits per heavy atom. The molecule has 4 heteroatoms. The molecule has 0 spiro atoms. The summed E-state index contributed by atoms with van der Waals surface area (Å²) in [5.41, 5.74) is 2.46. The highest BCUT2D eigenvalue weighted by molar-refractivity contribution is 5.26. The van der Waals surface area contributed by atoms with Gasteiger partial charge in [-0.1, -0.05) is 13.0 Å². The smallest absolute Gasteiger partial charge is 0.248 e. The van der Waals surface area contributed by atoms with Crippen molar-refractivity contribution in [3.05, 3.63) is 33.7 Å². The van der Waals surface area contributed by atoms with Gasteiger partial charge in [0.15, 0.2) is 0 Å². The maximum Gasteiger partial charge on any atom is 0.248 e. The number of hydrogen-bond acceptors (Lipinski definition) is 3. The van der Waals surface area contributed by atoms with Crippen LogP contribution in [0.1, 0.15) is 49.9 Å². The summed E-state index contributed by atoms with van der Waals surface area (Å²) in [6.45, 7) is 7.03. The second-order valence-corrected chi connectivity index (χ2v) is 6.68. The number of nitrogens with zero attached hydrogens (tertiary/aromatic N) is 1. The highest BCUT2D eigenvalue weighted by Gasteiger charge is 2.21. The van der Waals surface area contributed by atoms with Crippen molar-refractivity contribution in [3.8, 4) is 0 Å². The highest BCUT2D eigenvalue weighted by Crippen LogP contribution is 2.27. The van der Waals surface area contributed by atoms with Crippen molar-refractivity contribution in [2.75, 3.05) is 26.2 Å². The van der Waals surface area contributed by atoms with Crippen LogP contribution in [0.3, 0.4) is 0 Å². The lowest BCUT2D eigenvalue weighted by Gasteiger charge is -2.31. The molecule has 1 atom stereocenters. The number of fused-ring (bicyclic) bond motifs is 1. The standard InChI is InChI=1S/C17H27N3O/c1-13-7-10-20(11-8-13)12-9-18-15-3-2-4-16-14(15)5-6-17(21)19-16/h5-6,13,15,18H,2-4,7-12H2,1H3,(H,19,21). The third kappa shape index (κ3) is 3.74. The second-order valence-electron chi connectivity index (χ2n) is 6.68. The minimum atomic E-state index is 0.0248. The summed E-state index contributed by atoms with van der Waals surface area (Å²) in [4.78, 5) is 17.0. The van der Waals surface area contributed by atoms with E-state index in [2.05, 4.69) is 22.1 Å². The van der Waals surface area contributed by atoms with Crippen molar-refractivity contribution in [2.24, 2.45) is 5.92 Å². The summed E-state index contributed by atoms with van der Waals surface area (Å²) in [5.74, 6) is 0.899. The van der Waals surface area contributed by atoms with Gasteiger partial charge in [0.05, 0.1) is 0 Å². The number of nitrogens with one attached hydrogen (secondary N) is 2. The minimum absolute atomic E-state index is 0.0248. The van der Waals surface area contributed by atoms with Crippen molar-refractivity contribution in [1.82, 2.24) is 15.2 Å². The number of aromatic amines is 1. The van der Waals surface area contributed by atoms with Crippen molar-refractivity contribution in [2.45, 2.75) is 45.1 Å². The number of pyridine rings is 1. The molecule has 0 radical (unpaired) electrons. The van der Waals surface area contributed by atoms with Crippen LogP contribution in [0.5, 0.6) is 0 Å². The van der Waals surface area contributed by atoms with Gasteiger partial charge in [-0.25, -0.2) is 0 Å². The summed E-state index contributed by atoms with van der Waals surface area (Å²) in [6.07, 6.45) is 6.02. The fourth-order valence-electron chi connectivity index (χ4n) is 3.59. The zero-order valence-electron chi connectivity index (χ0n) is 13.0. The van der Waals surface area contributed by atoms with Gasteiger partial charge in [-0.15, -0.1) is 0 Å². The third-order valence-electron chi connectivity index (χ3n) is 5.03. The molecule has 4 nitrogen and oxygen atoms in total. The number of rotatable bonds is 4. The first-order valence-corrected chi connectivity index (χ1v) is 8.40. The molecular formula is C17H27N3O. The van der Waals surface area contributed by atoms with Crippen LogP contribution in [0.2, 0.25) is 0 Å². The van der Waals surface area contributed by atoms with E-state index in [1.807, 2.05) is 6.07 Å². The summed E-state index contributed by atoms with van der Waals surface area (Å²) in [5, 5.41) is 3.69. The van der Waals surface area contributed by atoms with Crippen molar-refractivity contribution >= 4 is 0 Å². The minimum Gasteiger partial charge on any atom is -0.326 e. The van der Waals surface area contributed by atoms with Gasteiger partial charge in [-0.3, -0.25) is 4.79 Å². The van der Waals surface area contributed by atoms with Gasteiger partial charge in [-0.2, -0.15) is 0 Å². The van der Waals surface area contributed by atoms with Crippen LogP contribution in [0.25, 0.3) is 0 Å². The second kappa shape index (κ2) is 6.75. The van der Waals surface area contributed by atoms with Gasteiger partial charge < -0.3 is 15.2 Å². The number of piperidine rings is 1. The van der Waals surface area contributed by atoms with Crippen LogP contribution in [0.15, 0.2) is 16.9 Å². The normalized spacial score (nSPS) is 24.0. The molecule has 0 aromatic carbocycles. The monoisotopic (exact) mass is 289 g/mol. The average Bonchev–Trinajstić information content (AvgIpc) is 2.49. The zero-order valence-corrected chi connectivity index (χ0v) is 13.0. The topological polar surface area (TPSA) is 48.1 Å². The number of likely N-dealkylation sites (tertiary alicyclic amines) is 1. The van der Waals surface area contributed by atoms with Gasteiger partial charge >= 0.3 is 0 Å². The Hall–Kier alpha value is -1.13. The van der Waals surface area contributed by atoms with E-state index in [0.717, 1.165) is 37.5 Å². The summed E-state index contributed by atoms with van der Waals surface area (Å²) >= 11 is 0. The molecule has 116 valence electrons. The van der Waals surface area contributed by atoms with Crippen LogP contribution in [0, 0.1) is 5.92 Å². The Bertz CT molecular complexity index is 517. The SMILES string of the molecule is CC1CCN(CCNC2CCCc3[nH]c(=O)ccc32)CC1. The first-order valence-electron chi connectivity index (χ1n) is 8.40. The van der Waals surface area contributed by atoms with E-state index in [-0.39, 0.29) is 5.56 Å². The lowest BCUT2D eigenvalue weighted by molar-refractivity contribution is 0.190. The van der Waals surface area contributed by atoms with Crippen molar-refractivity contribution < 1.29 is 0 Å². The molecule has 1 aliphatic carbocycles. The molecule has 2 heterocycles. The molecule has 21 heavy (non-hydrogen) atoms. The van der Waals surface area contributed by atoms with E-state index in [9.17, 15) is 4.79 Å². The highest BCUT2D eigenvalue weighted by atomic mass is 16.1. The molecule has 3 rings (SSSR count). The summed E-state index contributed by atoms with van der Waals surface area (Å²) < 4.78 is 0. The largest absolute Gasteiger partial charge is 0.326 e. The van der Waals surface area contributed by atoms with Gasteiger partial charge in [0.2, 0.25) is 5.56 Å². The molecule has 1 fully saturated rings. The predicted octanol–water partition coefficient (Wildman–Crippen LogP) is 2.07. The van der Waals surface area contributed by atoms with Crippen molar-refractivity contribution in [3.63, 3.8) is 0 Å². The predicted molar refractivity (Wildman–Crippen MR) is 85.6 cm³/mol. The molecule has 0 bridgehead atoms.